The summed E-state index contributed by atoms with van der Waals surface area (Å²) in [5.41, 5.74) is 0. The van der Waals surface area contributed by atoms with E-state index in [1.807, 2.05) is 0 Å². The molecule has 0 aliphatic rings. The van der Waals surface area contributed by atoms with Gasteiger partial charge in [-0.25, -0.2) is 4.39 Å². The Morgan fingerprint density at radius 1 is 1.07 bits per heavy atom. The van der Waals surface area contributed by atoms with E-state index >= 15 is 0 Å². The second-order valence-electron chi connectivity index (χ2n) is 2.75. The topological polar surface area (TPSA) is 22.1 Å². The minimum atomic E-state index is -0.314. The maximum absolute atomic E-state index is 12.8. The zero-order chi connectivity index (χ0) is 9.80. The van der Waals surface area contributed by atoms with Gasteiger partial charge in [-0.3, -0.25) is 4.98 Å². The van der Waals surface area contributed by atoms with Crippen molar-refractivity contribution in [3.8, 4) is 11.5 Å². The van der Waals surface area contributed by atoms with Gasteiger partial charge in [-0.05, 0) is 24.3 Å². The first-order chi connectivity index (χ1) is 6.84. The van der Waals surface area contributed by atoms with Crippen LogP contribution in [-0.2, 0) is 0 Å². The molecule has 2 aromatic rings. The van der Waals surface area contributed by atoms with Gasteiger partial charge in [-0.2, -0.15) is 0 Å². The average molecular weight is 189 g/mol. The Balaban J connectivity index is 2.19. The lowest BCUT2D eigenvalue weighted by Gasteiger charge is -2.03. The predicted molar refractivity (Wildman–Crippen MR) is 50.7 cm³/mol. The minimum absolute atomic E-state index is 0.314. The maximum atomic E-state index is 12.8. The molecule has 0 atom stereocenters. The van der Waals surface area contributed by atoms with Crippen molar-refractivity contribution in [1.82, 2.24) is 4.98 Å². The van der Waals surface area contributed by atoms with Gasteiger partial charge in [-0.1, -0.05) is 6.07 Å². The van der Waals surface area contributed by atoms with Crippen molar-refractivity contribution in [1.29, 1.82) is 0 Å². The van der Waals surface area contributed by atoms with Crippen LogP contribution in [0.1, 0.15) is 0 Å². The predicted octanol–water partition coefficient (Wildman–Crippen LogP) is 3.01. The highest BCUT2D eigenvalue weighted by Gasteiger charge is 1.97. The molecule has 2 nitrogen and oxygen atoms in total. The summed E-state index contributed by atoms with van der Waals surface area (Å²) in [4.78, 5) is 3.88. The number of ether oxygens (including phenoxy) is 1. The van der Waals surface area contributed by atoms with E-state index in [2.05, 4.69) is 4.98 Å². The molecular formula is C11H8FNO. The molecule has 1 heterocycles. The average Bonchev–Trinajstić information content (AvgIpc) is 2.19. The fraction of sp³-hybridized carbons (Fsp3) is 0. The van der Waals surface area contributed by atoms with Gasteiger partial charge >= 0.3 is 0 Å². The number of nitrogens with zero attached hydrogens (tertiary/aromatic N) is 1. The summed E-state index contributed by atoms with van der Waals surface area (Å²) >= 11 is 0. The molecule has 0 N–H and O–H groups in total. The number of benzene rings is 1. The molecule has 0 spiro atoms. The molecule has 0 saturated carbocycles. The van der Waals surface area contributed by atoms with Crippen molar-refractivity contribution in [3.63, 3.8) is 0 Å². The Kier molecular flexibility index (Phi) is 2.40. The number of hydrogen-bond acceptors (Lipinski definition) is 2. The van der Waals surface area contributed by atoms with E-state index in [0.29, 0.717) is 11.5 Å². The quantitative estimate of drug-likeness (QED) is 0.724. The van der Waals surface area contributed by atoms with Crippen LogP contribution in [0.3, 0.4) is 0 Å². The Hall–Kier alpha value is -1.90. The highest BCUT2D eigenvalue weighted by atomic mass is 19.1. The molecular weight excluding hydrogens is 181 g/mol. The summed E-state index contributed by atoms with van der Waals surface area (Å²) in [6, 6.07) is 9.51. The summed E-state index contributed by atoms with van der Waals surface area (Å²) in [6.07, 6.45) is 3.23. The molecule has 0 radical (unpaired) electrons. The SMILES string of the molecule is Fc1cccc(Oc2cccnc2)c1. The molecule has 14 heavy (non-hydrogen) atoms. The molecule has 3 heteroatoms. The van der Waals surface area contributed by atoms with E-state index < -0.39 is 0 Å². The first-order valence-corrected chi connectivity index (χ1v) is 4.18. The molecule has 0 aliphatic carbocycles. The van der Waals surface area contributed by atoms with E-state index in [4.69, 9.17) is 4.74 Å². The fourth-order valence-corrected chi connectivity index (χ4v) is 1.07. The van der Waals surface area contributed by atoms with E-state index in [1.165, 1.54) is 12.1 Å². The van der Waals surface area contributed by atoms with Crippen molar-refractivity contribution >= 4 is 0 Å². The molecule has 0 aliphatic heterocycles. The van der Waals surface area contributed by atoms with Crippen LogP contribution >= 0.6 is 0 Å². The summed E-state index contributed by atoms with van der Waals surface area (Å²) in [5.74, 6) is 0.752. The minimum Gasteiger partial charge on any atom is -0.456 e. The van der Waals surface area contributed by atoms with Gasteiger partial charge in [0, 0.05) is 12.3 Å². The Bertz CT molecular complexity index is 417. The molecule has 0 unspecified atom stereocenters. The van der Waals surface area contributed by atoms with Gasteiger partial charge < -0.3 is 4.74 Å². The van der Waals surface area contributed by atoms with Crippen LogP contribution in [0.5, 0.6) is 11.5 Å². The number of aromatic nitrogens is 1. The van der Waals surface area contributed by atoms with Crippen molar-refractivity contribution in [3.05, 3.63) is 54.6 Å². The van der Waals surface area contributed by atoms with Crippen LogP contribution in [0.25, 0.3) is 0 Å². The van der Waals surface area contributed by atoms with Crippen LogP contribution in [0.4, 0.5) is 4.39 Å². The summed E-state index contributed by atoms with van der Waals surface area (Å²) in [5, 5.41) is 0. The standard InChI is InChI=1S/C11H8FNO/c12-9-3-1-4-10(7-9)14-11-5-2-6-13-8-11/h1-8H. The normalized spacial score (nSPS) is 9.79. The molecule has 0 saturated heterocycles. The van der Waals surface area contributed by atoms with Gasteiger partial charge in [0.05, 0.1) is 6.20 Å². The first kappa shape index (κ1) is 8.69. The molecule has 1 aromatic carbocycles. The Morgan fingerprint density at radius 3 is 2.64 bits per heavy atom. The third kappa shape index (κ3) is 2.07. The number of rotatable bonds is 2. The van der Waals surface area contributed by atoms with E-state index in [0.717, 1.165) is 0 Å². The molecule has 0 fully saturated rings. The maximum Gasteiger partial charge on any atom is 0.145 e. The number of pyridine rings is 1. The third-order valence-electron chi connectivity index (χ3n) is 1.67. The second kappa shape index (κ2) is 3.87. The van der Waals surface area contributed by atoms with Crippen LogP contribution < -0.4 is 4.74 Å². The Morgan fingerprint density at radius 2 is 1.93 bits per heavy atom. The van der Waals surface area contributed by atoms with Gasteiger partial charge in [0.1, 0.15) is 17.3 Å². The monoisotopic (exact) mass is 189 g/mol. The first-order valence-electron chi connectivity index (χ1n) is 4.18. The highest BCUT2D eigenvalue weighted by molar-refractivity contribution is 5.29. The van der Waals surface area contributed by atoms with Crippen LogP contribution in [0, 0.1) is 5.82 Å². The fourth-order valence-electron chi connectivity index (χ4n) is 1.07. The zero-order valence-electron chi connectivity index (χ0n) is 7.35. The molecule has 0 bridgehead atoms. The van der Waals surface area contributed by atoms with Gasteiger partial charge in [0.2, 0.25) is 0 Å². The van der Waals surface area contributed by atoms with Crippen molar-refractivity contribution in [2.75, 3.05) is 0 Å². The Labute approximate surface area is 81.0 Å². The van der Waals surface area contributed by atoms with Crippen molar-refractivity contribution in [2.24, 2.45) is 0 Å². The van der Waals surface area contributed by atoms with E-state index in [9.17, 15) is 4.39 Å². The summed E-state index contributed by atoms with van der Waals surface area (Å²) in [7, 11) is 0. The molecule has 2 rings (SSSR count). The van der Waals surface area contributed by atoms with Crippen LogP contribution in [0.2, 0.25) is 0 Å². The number of halogens is 1. The van der Waals surface area contributed by atoms with Crippen molar-refractivity contribution in [2.45, 2.75) is 0 Å². The molecule has 0 amide bonds. The van der Waals surface area contributed by atoms with Gasteiger partial charge in [0.25, 0.3) is 0 Å². The number of hydrogen-bond donors (Lipinski definition) is 0. The van der Waals surface area contributed by atoms with Gasteiger partial charge in [0.15, 0.2) is 0 Å². The van der Waals surface area contributed by atoms with Crippen molar-refractivity contribution < 1.29 is 9.13 Å². The third-order valence-corrected chi connectivity index (χ3v) is 1.67. The second-order valence-corrected chi connectivity index (χ2v) is 2.75. The van der Waals surface area contributed by atoms with E-state index in [-0.39, 0.29) is 5.82 Å². The summed E-state index contributed by atoms with van der Waals surface area (Å²) in [6.45, 7) is 0. The summed E-state index contributed by atoms with van der Waals surface area (Å²) < 4.78 is 18.1. The smallest absolute Gasteiger partial charge is 0.145 e. The van der Waals surface area contributed by atoms with E-state index in [1.54, 1.807) is 36.7 Å². The van der Waals surface area contributed by atoms with Crippen LogP contribution in [-0.4, -0.2) is 4.98 Å². The molecule has 70 valence electrons. The van der Waals surface area contributed by atoms with Crippen LogP contribution in [0.15, 0.2) is 48.8 Å². The largest absolute Gasteiger partial charge is 0.456 e. The van der Waals surface area contributed by atoms with Gasteiger partial charge in [-0.15, -0.1) is 0 Å². The zero-order valence-corrected chi connectivity index (χ0v) is 7.35. The lowest BCUT2D eigenvalue weighted by molar-refractivity contribution is 0.474. The lowest BCUT2D eigenvalue weighted by Crippen LogP contribution is -1.85. The lowest BCUT2D eigenvalue weighted by atomic mass is 10.3. The highest BCUT2D eigenvalue weighted by Crippen LogP contribution is 2.20. The molecule has 1 aromatic heterocycles.